The number of hydrogen-bond donors (Lipinski definition) is 2. The van der Waals surface area contributed by atoms with Gasteiger partial charge in [0.05, 0.1) is 26.2 Å². The smallest absolute Gasteiger partial charge is 0.330 e. The van der Waals surface area contributed by atoms with Crippen LogP contribution in [0.4, 0.5) is 0 Å². The van der Waals surface area contributed by atoms with E-state index in [1.54, 1.807) is 24.3 Å². The summed E-state index contributed by atoms with van der Waals surface area (Å²) in [6.45, 7) is 0.551. The van der Waals surface area contributed by atoms with E-state index in [2.05, 4.69) is 5.32 Å². The molecular formula is C20H21NO5. The third-order valence-corrected chi connectivity index (χ3v) is 4.46. The number of amides is 1. The molecule has 0 spiro atoms. The third kappa shape index (κ3) is 4.03. The van der Waals surface area contributed by atoms with Crippen LogP contribution in [0, 0.1) is 0 Å². The highest BCUT2D eigenvalue weighted by Crippen LogP contribution is 2.29. The highest BCUT2D eigenvalue weighted by Gasteiger charge is 2.27. The highest BCUT2D eigenvalue weighted by atomic mass is 16.5. The molecule has 1 aliphatic heterocycles. The van der Waals surface area contributed by atoms with Gasteiger partial charge in [0.25, 0.3) is 0 Å². The van der Waals surface area contributed by atoms with Gasteiger partial charge in [0.1, 0.15) is 5.75 Å². The molecule has 1 amide bonds. The zero-order chi connectivity index (χ0) is 18.5. The first-order chi connectivity index (χ1) is 12.6. The van der Waals surface area contributed by atoms with E-state index in [4.69, 9.17) is 9.47 Å². The summed E-state index contributed by atoms with van der Waals surface area (Å²) in [6.07, 6.45) is 0.541. The molecule has 0 saturated heterocycles. The van der Waals surface area contributed by atoms with Crippen LogP contribution in [0.2, 0.25) is 0 Å². The molecule has 0 fully saturated rings. The molecule has 1 aliphatic rings. The van der Waals surface area contributed by atoms with Gasteiger partial charge in [0.2, 0.25) is 5.91 Å². The van der Waals surface area contributed by atoms with Crippen molar-refractivity contribution in [3.63, 3.8) is 0 Å². The fourth-order valence-electron chi connectivity index (χ4n) is 3.12. The van der Waals surface area contributed by atoms with E-state index in [-0.39, 0.29) is 18.4 Å². The Balaban J connectivity index is 1.70. The van der Waals surface area contributed by atoms with Crippen LogP contribution in [0.1, 0.15) is 35.3 Å². The standard InChI is InChI=1S/C20H21NO5/c1-25-15-8-6-14(7-9-15)19(20(23)24)21-18(22)12-17-16-5-3-2-4-13(16)10-11-26-17/h2-9,17,19H,10-12H2,1H3,(H,21,22)(H,23,24). The average Bonchev–Trinajstić information content (AvgIpc) is 2.66. The number of carboxylic acids is 1. The lowest BCUT2D eigenvalue weighted by atomic mass is 9.95. The van der Waals surface area contributed by atoms with Crippen molar-refractivity contribution in [2.45, 2.75) is 25.0 Å². The molecule has 2 aromatic rings. The molecule has 3 rings (SSSR count). The van der Waals surface area contributed by atoms with Gasteiger partial charge < -0.3 is 19.9 Å². The summed E-state index contributed by atoms with van der Waals surface area (Å²) in [5, 5.41) is 12.1. The number of hydrogen-bond acceptors (Lipinski definition) is 4. The monoisotopic (exact) mass is 355 g/mol. The molecule has 0 aliphatic carbocycles. The fraction of sp³-hybridized carbons (Fsp3) is 0.300. The fourth-order valence-corrected chi connectivity index (χ4v) is 3.12. The van der Waals surface area contributed by atoms with Crippen LogP contribution in [0.15, 0.2) is 48.5 Å². The summed E-state index contributed by atoms with van der Waals surface area (Å²) in [4.78, 5) is 24.1. The van der Waals surface area contributed by atoms with Gasteiger partial charge in [-0.3, -0.25) is 4.79 Å². The lowest BCUT2D eigenvalue weighted by Crippen LogP contribution is -2.35. The Morgan fingerprint density at radius 1 is 1.23 bits per heavy atom. The number of carbonyl (C=O) groups excluding carboxylic acids is 1. The van der Waals surface area contributed by atoms with E-state index in [0.717, 1.165) is 12.0 Å². The van der Waals surface area contributed by atoms with Gasteiger partial charge in [-0.1, -0.05) is 36.4 Å². The summed E-state index contributed by atoms with van der Waals surface area (Å²) in [5.74, 6) is -0.861. The van der Waals surface area contributed by atoms with Crippen molar-refractivity contribution in [3.05, 3.63) is 65.2 Å². The minimum absolute atomic E-state index is 0.0803. The van der Waals surface area contributed by atoms with E-state index in [0.29, 0.717) is 17.9 Å². The zero-order valence-electron chi connectivity index (χ0n) is 14.5. The minimum Gasteiger partial charge on any atom is -0.497 e. The molecule has 2 aromatic carbocycles. The lowest BCUT2D eigenvalue weighted by Gasteiger charge is -2.26. The Labute approximate surface area is 151 Å². The number of nitrogens with one attached hydrogen (secondary N) is 1. The van der Waals surface area contributed by atoms with Gasteiger partial charge in [-0.25, -0.2) is 4.79 Å². The molecule has 0 bridgehead atoms. The Bertz CT molecular complexity index is 787. The zero-order valence-corrected chi connectivity index (χ0v) is 14.5. The number of aliphatic carboxylic acids is 1. The van der Waals surface area contributed by atoms with Crippen molar-refractivity contribution in [1.82, 2.24) is 5.32 Å². The predicted octanol–water partition coefficient (Wildman–Crippen LogP) is 2.64. The van der Waals surface area contributed by atoms with Crippen molar-refractivity contribution < 1.29 is 24.2 Å². The minimum atomic E-state index is -1.12. The van der Waals surface area contributed by atoms with E-state index in [1.165, 1.54) is 12.7 Å². The average molecular weight is 355 g/mol. The number of ether oxygens (including phenoxy) is 2. The summed E-state index contributed by atoms with van der Waals surface area (Å²) < 4.78 is 10.8. The van der Waals surface area contributed by atoms with Gasteiger partial charge in [-0.05, 0) is 35.2 Å². The first-order valence-corrected chi connectivity index (χ1v) is 8.44. The molecule has 0 saturated carbocycles. The number of fused-ring (bicyclic) bond motifs is 1. The van der Waals surface area contributed by atoms with Crippen LogP contribution >= 0.6 is 0 Å². The maximum absolute atomic E-state index is 12.5. The molecule has 0 aromatic heterocycles. The topological polar surface area (TPSA) is 84.9 Å². The largest absolute Gasteiger partial charge is 0.497 e. The van der Waals surface area contributed by atoms with Crippen LogP contribution in [0.25, 0.3) is 0 Å². The van der Waals surface area contributed by atoms with Gasteiger partial charge in [0.15, 0.2) is 6.04 Å². The Morgan fingerprint density at radius 3 is 2.65 bits per heavy atom. The predicted molar refractivity (Wildman–Crippen MR) is 95.0 cm³/mol. The van der Waals surface area contributed by atoms with Crippen LogP contribution in [-0.2, 0) is 20.7 Å². The van der Waals surface area contributed by atoms with Crippen molar-refractivity contribution >= 4 is 11.9 Å². The van der Waals surface area contributed by atoms with Crippen molar-refractivity contribution in [2.75, 3.05) is 13.7 Å². The Kier molecular flexibility index (Phi) is 5.53. The second-order valence-corrected chi connectivity index (χ2v) is 6.12. The summed E-state index contributed by atoms with van der Waals surface area (Å²) >= 11 is 0. The SMILES string of the molecule is COc1ccc(C(NC(=O)CC2OCCc3ccccc32)C(=O)O)cc1. The Hall–Kier alpha value is -2.86. The van der Waals surface area contributed by atoms with E-state index in [9.17, 15) is 14.7 Å². The summed E-state index contributed by atoms with van der Waals surface area (Å²) in [6, 6.07) is 13.3. The van der Waals surface area contributed by atoms with Crippen LogP contribution < -0.4 is 10.1 Å². The molecular weight excluding hydrogens is 334 g/mol. The quantitative estimate of drug-likeness (QED) is 0.832. The second-order valence-electron chi connectivity index (χ2n) is 6.12. The molecule has 6 nitrogen and oxygen atoms in total. The summed E-state index contributed by atoms with van der Waals surface area (Å²) in [5.41, 5.74) is 2.64. The van der Waals surface area contributed by atoms with Gasteiger partial charge in [-0.15, -0.1) is 0 Å². The molecule has 0 radical (unpaired) electrons. The van der Waals surface area contributed by atoms with Gasteiger partial charge in [0, 0.05) is 0 Å². The van der Waals surface area contributed by atoms with Gasteiger partial charge in [-0.2, -0.15) is 0 Å². The van der Waals surface area contributed by atoms with Gasteiger partial charge >= 0.3 is 5.97 Å². The number of rotatable bonds is 6. The maximum Gasteiger partial charge on any atom is 0.330 e. The highest BCUT2D eigenvalue weighted by molar-refractivity contribution is 5.85. The molecule has 2 unspecified atom stereocenters. The van der Waals surface area contributed by atoms with Crippen LogP contribution in [0.3, 0.4) is 0 Å². The third-order valence-electron chi connectivity index (χ3n) is 4.46. The molecule has 136 valence electrons. The molecule has 2 atom stereocenters. The van der Waals surface area contributed by atoms with Crippen LogP contribution in [-0.4, -0.2) is 30.7 Å². The lowest BCUT2D eigenvalue weighted by molar-refractivity contribution is -0.142. The molecule has 6 heteroatoms. The summed E-state index contributed by atoms with van der Waals surface area (Å²) in [7, 11) is 1.54. The number of carboxylic acid groups (broad SMARTS) is 1. The first kappa shape index (κ1) is 17.9. The maximum atomic E-state index is 12.5. The van der Waals surface area contributed by atoms with E-state index in [1.807, 2.05) is 24.3 Å². The molecule has 26 heavy (non-hydrogen) atoms. The first-order valence-electron chi connectivity index (χ1n) is 8.44. The second kappa shape index (κ2) is 8.01. The molecule has 1 heterocycles. The van der Waals surface area contributed by atoms with Crippen molar-refractivity contribution in [1.29, 1.82) is 0 Å². The molecule has 2 N–H and O–H groups in total. The number of methoxy groups -OCH3 is 1. The number of carbonyl (C=O) groups is 2. The Morgan fingerprint density at radius 2 is 1.96 bits per heavy atom. The van der Waals surface area contributed by atoms with E-state index < -0.39 is 12.0 Å². The van der Waals surface area contributed by atoms with Crippen molar-refractivity contribution in [3.8, 4) is 5.75 Å². The number of benzene rings is 2. The van der Waals surface area contributed by atoms with Crippen LogP contribution in [0.5, 0.6) is 5.75 Å². The van der Waals surface area contributed by atoms with Crippen molar-refractivity contribution in [2.24, 2.45) is 0 Å². The van der Waals surface area contributed by atoms with E-state index >= 15 is 0 Å². The normalized spacial score (nSPS) is 17.0.